The lowest BCUT2D eigenvalue weighted by Crippen LogP contribution is -2.36. The zero-order chi connectivity index (χ0) is 21.0. The summed E-state index contributed by atoms with van der Waals surface area (Å²) in [5.41, 5.74) is 2.15. The van der Waals surface area contributed by atoms with Crippen molar-refractivity contribution < 1.29 is 9.53 Å². The van der Waals surface area contributed by atoms with E-state index < -0.39 is 0 Å². The largest absolute Gasteiger partial charge is 0.461 e. The van der Waals surface area contributed by atoms with Gasteiger partial charge in [-0.25, -0.2) is 0 Å². The van der Waals surface area contributed by atoms with E-state index in [-0.39, 0.29) is 17.8 Å². The van der Waals surface area contributed by atoms with E-state index in [4.69, 9.17) is 4.74 Å². The molecule has 2 aromatic rings. The second-order valence-corrected chi connectivity index (χ2v) is 9.71. The van der Waals surface area contributed by atoms with Gasteiger partial charge in [0.15, 0.2) is 0 Å². The molecule has 1 aromatic carbocycles. The zero-order valence-electron chi connectivity index (χ0n) is 18.0. The number of hydrogen-bond donors (Lipinski definition) is 0. The summed E-state index contributed by atoms with van der Waals surface area (Å²) in [6.07, 6.45) is 3.33. The van der Waals surface area contributed by atoms with E-state index in [1.807, 2.05) is 12.1 Å². The van der Waals surface area contributed by atoms with Gasteiger partial charge >= 0.3 is 5.97 Å². The van der Waals surface area contributed by atoms with Crippen LogP contribution in [-0.2, 0) is 9.53 Å². The number of hydrogen-bond acceptors (Lipinski definition) is 6. The van der Waals surface area contributed by atoms with Gasteiger partial charge in [-0.1, -0.05) is 64.9 Å². The van der Waals surface area contributed by atoms with Crippen molar-refractivity contribution in [3.05, 3.63) is 29.8 Å². The molecule has 0 bridgehead atoms. The molecule has 0 spiro atoms. The summed E-state index contributed by atoms with van der Waals surface area (Å²) >= 11 is 1.32. The standard InChI is InChI=1S/C22H32N4O2S/c1-14(2)17-7-9-18(10-8-17)26-22(23-24-25-26)29-13-21(27)28-20-12-16(5)6-11-19(20)15(3)4/h7-10,14-16,19-20H,6,11-13H2,1-5H3/t16-,19+,20+/m0/s1. The average Bonchev–Trinajstić information content (AvgIpc) is 3.15. The van der Waals surface area contributed by atoms with Crippen LogP contribution in [0.2, 0.25) is 0 Å². The maximum Gasteiger partial charge on any atom is 0.316 e. The van der Waals surface area contributed by atoms with Crippen LogP contribution in [0.4, 0.5) is 0 Å². The predicted octanol–water partition coefficient (Wildman–Crippen LogP) is 4.88. The third-order valence-corrected chi connectivity index (χ3v) is 6.70. The highest BCUT2D eigenvalue weighted by molar-refractivity contribution is 7.99. The maximum absolute atomic E-state index is 12.5. The third-order valence-electron chi connectivity index (χ3n) is 5.81. The Morgan fingerprint density at radius 3 is 2.59 bits per heavy atom. The molecule has 6 nitrogen and oxygen atoms in total. The first-order valence-electron chi connectivity index (χ1n) is 10.6. The summed E-state index contributed by atoms with van der Waals surface area (Å²) < 4.78 is 7.55. The molecule has 1 saturated carbocycles. The van der Waals surface area contributed by atoms with Crippen LogP contribution < -0.4 is 0 Å². The van der Waals surface area contributed by atoms with E-state index in [0.717, 1.165) is 18.5 Å². The molecule has 1 aliphatic rings. The molecule has 1 fully saturated rings. The average molecular weight is 417 g/mol. The molecule has 7 heteroatoms. The lowest BCUT2D eigenvalue weighted by molar-refractivity contribution is -0.152. The number of rotatable bonds is 7. The Morgan fingerprint density at radius 1 is 1.21 bits per heavy atom. The SMILES string of the molecule is CC(C)c1ccc(-n2nnnc2SCC(=O)O[C@@H]2C[C@@H](C)CC[C@@H]2C(C)C)cc1. The van der Waals surface area contributed by atoms with Crippen LogP contribution in [0, 0.1) is 17.8 Å². The maximum atomic E-state index is 12.5. The number of carbonyl (C=O) groups is 1. The van der Waals surface area contributed by atoms with Crippen molar-refractivity contribution in [3.8, 4) is 5.69 Å². The number of nitrogens with zero attached hydrogens (tertiary/aromatic N) is 4. The molecule has 158 valence electrons. The van der Waals surface area contributed by atoms with E-state index in [2.05, 4.69) is 62.3 Å². The minimum atomic E-state index is -0.190. The molecule has 0 saturated heterocycles. The first-order valence-corrected chi connectivity index (χ1v) is 11.5. The van der Waals surface area contributed by atoms with Crippen LogP contribution in [-0.4, -0.2) is 38.0 Å². The fourth-order valence-corrected chi connectivity index (χ4v) is 4.68. The molecule has 0 aliphatic heterocycles. The second-order valence-electron chi connectivity index (χ2n) is 8.76. The van der Waals surface area contributed by atoms with E-state index in [1.165, 1.54) is 23.7 Å². The van der Waals surface area contributed by atoms with Crippen molar-refractivity contribution >= 4 is 17.7 Å². The van der Waals surface area contributed by atoms with Gasteiger partial charge in [-0.05, 0) is 64.6 Å². The highest BCUT2D eigenvalue weighted by atomic mass is 32.2. The first kappa shape index (κ1) is 21.8. The van der Waals surface area contributed by atoms with Gasteiger partial charge in [0.25, 0.3) is 0 Å². The van der Waals surface area contributed by atoms with Crippen LogP contribution in [0.5, 0.6) is 0 Å². The van der Waals surface area contributed by atoms with Gasteiger partial charge in [0, 0.05) is 0 Å². The molecule has 3 rings (SSSR count). The normalized spacial score (nSPS) is 22.2. The second kappa shape index (κ2) is 9.74. The molecule has 1 aliphatic carbocycles. The molecule has 1 aromatic heterocycles. The molecule has 0 amide bonds. The fourth-order valence-electron chi connectivity index (χ4n) is 4.01. The molecule has 0 unspecified atom stereocenters. The van der Waals surface area contributed by atoms with E-state index in [1.54, 1.807) is 4.68 Å². The van der Waals surface area contributed by atoms with Crippen LogP contribution in [0.1, 0.15) is 65.4 Å². The number of esters is 1. The van der Waals surface area contributed by atoms with Crippen LogP contribution >= 0.6 is 11.8 Å². The summed E-state index contributed by atoms with van der Waals surface area (Å²) in [5.74, 6) is 2.07. The minimum Gasteiger partial charge on any atom is -0.461 e. The number of benzene rings is 1. The predicted molar refractivity (Wildman–Crippen MR) is 115 cm³/mol. The monoisotopic (exact) mass is 416 g/mol. The molecule has 0 radical (unpaired) electrons. The number of thioether (sulfide) groups is 1. The summed E-state index contributed by atoms with van der Waals surface area (Å²) in [6, 6.07) is 8.18. The topological polar surface area (TPSA) is 69.9 Å². The lowest BCUT2D eigenvalue weighted by Gasteiger charge is -2.36. The van der Waals surface area contributed by atoms with Crippen molar-refractivity contribution in [1.29, 1.82) is 0 Å². The van der Waals surface area contributed by atoms with Crippen molar-refractivity contribution in [3.63, 3.8) is 0 Å². The van der Waals surface area contributed by atoms with Gasteiger partial charge in [0.1, 0.15) is 6.10 Å². The Labute approximate surface area is 177 Å². The van der Waals surface area contributed by atoms with E-state index >= 15 is 0 Å². The number of aromatic nitrogens is 4. The van der Waals surface area contributed by atoms with Crippen molar-refractivity contribution in [1.82, 2.24) is 20.2 Å². The summed E-state index contributed by atoms with van der Waals surface area (Å²) in [6.45, 7) is 11.0. The Hall–Kier alpha value is -1.89. The molecule has 0 N–H and O–H groups in total. The van der Waals surface area contributed by atoms with Gasteiger partial charge in [-0.15, -0.1) is 5.10 Å². The number of carbonyl (C=O) groups excluding carboxylic acids is 1. The number of tetrazole rings is 1. The Morgan fingerprint density at radius 2 is 1.93 bits per heavy atom. The first-order chi connectivity index (χ1) is 13.8. The molecule has 29 heavy (non-hydrogen) atoms. The van der Waals surface area contributed by atoms with E-state index in [0.29, 0.717) is 28.8 Å². The van der Waals surface area contributed by atoms with Crippen LogP contribution in [0.15, 0.2) is 29.4 Å². The van der Waals surface area contributed by atoms with Gasteiger partial charge < -0.3 is 4.74 Å². The Kier molecular flexibility index (Phi) is 7.33. The van der Waals surface area contributed by atoms with Crippen LogP contribution in [0.3, 0.4) is 0 Å². The fraction of sp³-hybridized carbons (Fsp3) is 0.636. The van der Waals surface area contributed by atoms with Crippen molar-refractivity contribution in [2.75, 3.05) is 5.75 Å². The van der Waals surface area contributed by atoms with Gasteiger partial charge in [-0.2, -0.15) is 4.68 Å². The number of ether oxygens (including phenoxy) is 1. The smallest absolute Gasteiger partial charge is 0.316 e. The summed E-state index contributed by atoms with van der Waals surface area (Å²) in [5, 5.41) is 12.5. The minimum absolute atomic E-state index is 0.0198. The lowest BCUT2D eigenvalue weighted by atomic mass is 9.75. The van der Waals surface area contributed by atoms with Gasteiger partial charge in [0.05, 0.1) is 11.4 Å². The van der Waals surface area contributed by atoms with E-state index in [9.17, 15) is 4.79 Å². The highest BCUT2D eigenvalue weighted by Crippen LogP contribution is 2.35. The summed E-state index contributed by atoms with van der Waals surface area (Å²) in [7, 11) is 0. The van der Waals surface area contributed by atoms with Crippen molar-refractivity contribution in [2.45, 2.75) is 71.1 Å². The zero-order valence-corrected chi connectivity index (χ0v) is 18.9. The molecular weight excluding hydrogens is 384 g/mol. The van der Waals surface area contributed by atoms with Gasteiger partial charge in [0.2, 0.25) is 5.16 Å². The molecular formula is C22H32N4O2S. The molecule has 1 heterocycles. The van der Waals surface area contributed by atoms with Gasteiger partial charge in [-0.3, -0.25) is 4.79 Å². The molecule has 3 atom stereocenters. The Bertz CT molecular complexity index is 803. The Balaban J connectivity index is 1.60. The van der Waals surface area contributed by atoms with Crippen molar-refractivity contribution in [2.24, 2.45) is 17.8 Å². The quantitative estimate of drug-likeness (QED) is 0.473. The highest BCUT2D eigenvalue weighted by Gasteiger charge is 2.33. The van der Waals surface area contributed by atoms with Crippen LogP contribution in [0.25, 0.3) is 5.69 Å². The third kappa shape index (κ3) is 5.59. The summed E-state index contributed by atoms with van der Waals surface area (Å²) in [4.78, 5) is 12.5.